The minimum Gasteiger partial charge on any atom is -0.362 e. The second-order valence-electron chi connectivity index (χ2n) is 2.80. The molecule has 0 rings (SSSR count). The lowest BCUT2D eigenvalue weighted by Crippen LogP contribution is -2.21. The van der Waals surface area contributed by atoms with Crippen LogP contribution in [0.1, 0.15) is 0 Å². The highest BCUT2D eigenvalue weighted by Gasteiger charge is 2.12. The van der Waals surface area contributed by atoms with Gasteiger partial charge in [-0.05, 0) is 0 Å². The third-order valence-corrected chi connectivity index (χ3v) is 1.79. The molecule has 8 heavy (non-hydrogen) atoms. The predicted molar refractivity (Wildman–Crippen MR) is 37.3 cm³/mol. The van der Waals surface area contributed by atoms with Gasteiger partial charge in [-0.3, -0.25) is 0 Å². The van der Waals surface area contributed by atoms with Crippen LogP contribution in [-0.2, 0) is 0 Å². The zero-order valence-electron chi connectivity index (χ0n) is 5.55. The molecule has 0 aromatic heterocycles. The van der Waals surface area contributed by atoms with E-state index in [0.29, 0.717) is 0 Å². The standard InChI is InChI=1S/C5H11N2Si/c1-8(2,3)5-4-7-6/h4-5H,1-3H3. The largest absolute Gasteiger partial charge is 0.362 e. The van der Waals surface area contributed by atoms with Crippen LogP contribution < -0.4 is 0 Å². The molecule has 0 spiro atoms. The molecule has 0 bridgehead atoms. The van der Waals surface area contributed by atoms with Crippen molar-refractivity contribution in [2.45, 2.75) is 19.6 Å². The SMILES string of the molecule is C[Si](C)(C)[CH]C=[N+]=[N-]. The Balaban J connectivity index is 3.55. The van der Waals surface area contributed by atoms with Gasteiger partial charge in [0.25, 0.3) is 6.21 Å². The summed E-state index contributed by atoms with van der Waals surface area (Å²) in [5.74, 6) is 0. The van der Waals surface area contributed by atoms with Crippen LogP contribution in [0.3, 0.4) is 0 Å². The summed E-state index contributed by atoms with van der Waals surface area (Å²) in [7, 11) is -1.11. The fraction of sp³-hybridized carbons (Fsp3) is 0.600. The maximum absolute atomic E-state index is 7.99. The van der Waals surface area contributed by atoms with E-state index in [1.54, 1.807) is 0 Å². The van der Waals surface area contributed by atoms with Crippen LogP contribution in [0, 0.1) is 6.04 Å². The van der Waals surface area contributed by atoms with E-state index in [9.17, 15) is 0 Å². The Hall–Kier alpha value is -0.403. The summed E-state index contributed by atoms with van der Waals surface area (Å²) < 4.78 is 0. The molecular weight excluding hydrogens is 116 g/mol. The average molecular weight is 127 g/mol. The van der Waals surface area contributed by atoms with Crippen LogP contribution in [-0.4, -0.2) is 19.1 Å². The van der Waals surface area contributed by atoms with Crippen LogP contribution in [0.5, 0.6) is 0 Å². The fourth-order valence-corrected chi connectivity index (χ4v) is 0.771. The van der Waals surface area contributed by atoms with Gasteiger partial charge in [0.15, 0.2) is 0 Å². The lowest BCUT2D eigenvalue weighted by Gasteiger charge is -2.06. The van der Waals surface area contributed by atoms with Gasteiger partial charge in [0, 0.05) is 0 Å². The zero-order valence-corrected chi connectivity index (χ0v) is 6.55. The highest BCUT2D eigenvalue weighted by atomic mass is 28.3. The number of rotatable bonds is 2. The summed E-state index contributed by atoms with van der Waals surface area (Å²) in [4.78, 5) is 2.88. The van der Waals surface area contributed by atoms with Gasteiger partial charge in [0.2, 0.25) is 0 Å². The van der Waals surface area contributed by atoms with E-state index in [2.05, 4.69) is 24.4 Å². The summed E-state index contributed by atoms with van der Waals surface area (Å²) in [5, 5.41) is 0. The molecule has 0 aromatic rings. The second kappa shape index (κ2) is 2.80. The summed E-state index contributed by atoms with van der Waals surface area (Å²) in [6, 6.07) is 1.97. The highest BCUT2D eigenvalue weighted by Crippen LogP contribution is 2.00. The van der Waals surface area contributed by atoms with Gasteiger partial charge in [0.1, 0.15) is 0 Å². The first kappa shape index (κ1) is 7.60. The van der Waals surface area contributed by atoms with Crippen molar-refractivity contribution in [3.63, 3.8) is 0 Å². The van der Waals surface area contributed by atoms with E-state index in [1.807, 2.05) is 6.04 Å². The van der Waals surface area contributed by atoms with Crippen LogP contribution >= 0.6 is 0 Å². The Morgan fingerprint density at radius 1 is 1.38 bits per heavy atom. The summed E-state index contributed by atoms with van der Waals surface area (Å²) in [6.45, 7) is 6.53. The third-order valence-electron chi connectivity index (χ3n) is 0.641. The Kier molecular flexibility index (Phi) is 2.66. The molecule has 0 aliphatic heterocycles. The number of hydrogen-bond donors (Lipinski definition) is 0. The fourth-order valence-electron chi connectivity index (χ4n) is 0.257. The third kappa shape index (κ3) is 5.60. The van der Waals surface area contributed by atoms with Gasteiger partial charge < -0.3 is 5.53 Å². The Labute approximate surface area is 51.2 Å². The maximum Gasteiger partial charge on any atom is 0.258 e. The van der Waals surface area contributed by atoms with E-state index in [0.717, 1.165) is 0 Å². The molecule has 2 nitrogen and oxygen atoms in total. The molecule has 0 saturated carbocycles. The smallest absolute Gasteiger partial charge is 0.258 e. The quantitative estimate of drug-likeness (QED) is 0.232. The molecular formula is C5H11N2Si. The van der Waals surface area contributed by atoms with Gasteiger partial charge in [-0.2, -0.15) is 4.79 Å². The predicted octanol–water partition coefficient (Wildman–Crippen LogP) is 1.37. The first-order valence-corrected chi connectivity index (χ1v) is 6.16. The minimum atomic E-state index is -1.11. The van der Waals surface area contributed by atoms with Crippen LogP contribution in [0.15, 0.2) is 0 Å². The minimum absolute atomic E-state index is 1.11. The maximum atomic E-state index is 7.99. The Morgan fingerprint density at radius 3 is 2.00 bits per heavy atom. The van der Waals surface area contributed by atoms with Gasteiger partial charge in [-0.25, -0.2) is 0 Å². The Morgan fingerprint density at radius 2 is 1.88 bits per heavy atom. The van der Waals surface area contributed by atoms with Gasteiger partial charge in [-0.1, -0.05) is 19.6 Å². The lowest BCUT2D eigenvalue weighted by atomic mass is 10.9. The van der Waals surface area contributed by atoms with Crippen molar-refractivity contribution in [3.05, 3.63) is 11.6 Å². The number of hydrogen-bond acceptors (Lipinski definition) is 0. The van der Waals surface area contributed by atoms with Crippen molar-refractivity contribution in [1.82, 2.24) is 0 Å². The summed E-state index contributed by atoms with van der Waals surface area (Å²) in [6.07, 6.45) is 1.45. The molecule has 0 aliphatic rings. The molecule has 0 atom stereocenters. The van der Waals surface area contributed by atoms with Crippen LogP contribution in [0.2, 0.25) is 19.6 Å². The van der Waals surface area contributed by atoms with Crippen LogP contribution in [0.25, 0.3) is 5.53 Å². The normalized spacial score (nSPS) is 10.4. The second-order valence-corrected chi connectivity index (χ2v) is 7.86. The van der Waals surface area contributed by atoms with E-state index >= 15 is 0 Å². The van der Waals surface area contributed by atoms with Gasteiger partial charge >= 0.3 is 0 Å². The molecule has 0 N–H and O–H groups in total. The van der Waals surface area contributed by atoms with Crippen molar-refractivity contribution in [3.8, 4) is 0 Å². The monoisotopic (exact) mass is 127 g/mol. The van der Waals surface area contributed by atoms with Crippen molar-refractivity contribution in [2.24, 2.45) is 0 Å². The summed E-state index contributed by atoms with van der Waals surface area (Å²) >= 11 is 0. The molecule has 0 fully saturated rings. The van der Waals surface area contributed by atoms with Crippen LogP contribution in [0.4, 0.5) is 0 Å². The molecule has 1 radical (unpaired) electrons. The first-order valence-electron chi connectivity index (χ1n) is 2.58. The van der Waals surface area contributed by atoms with E-state index in [-0.39, 0.29) is 0 Å². The number of nitrogens with zero attached hydrogens (tertiary/aromatic N) is 2. The van der Waals surface area contributed by atoms with Crippen molar-refractivity contribution < 1.29 is 4.79 Å². The lowest BCUT2D eigenvalue weighted by molar-refractivity contribution is 0.00447. The molecule has 0 heterocycles. The molecule has 45 valence electrons. The molecule has 0 saturated heterocycles. The highest BCUT2D eigenvalue weighted by molar-refractivity contribution is 6.82. The topological polar surface area (TPSA) is 36.4 Å². The molecule has 0 aliphatic carbocycles. The zero-order chi connectivity index (χ0) is 6.62. The van der Waals surface area contributed by atoms with E-state index in [4.69, 9.17) is 5.53 Å². The van der Waals surface area contributed by atoms with Crippen molar-refractivity contribution >= 4 is 14.3 Å². The molecule has 0 amide bonds. The molecule has 3 heteroatoms. The first-order chi connectivity index (χ1) is 3.56. The van der Waals surface area contributed by atoms with Gasteiger partial charge in [-0.15, -0.1) is 0 Å². The van der Waals surface area contributed by atoms with E-state index < -0.39 is 8.07 Å². The van der Waals surface area contributed by atoms with E-state index in [1.165, 1.54) is 6.21 Å². The molecule has 0 unspecified atom stereocenters. The Bertz CT molecular complexity index is 108. The van der Waals surface area contributed by atoms with Crippen molar-refractivity contribution in [1.29, 1.82) is 0 Å². The molecule has 0 aromatic carbocycles. The summed E-state index contributed by atoms with van der Waals surface area (Å²) in [5.41, 5.74) is 7.99. The average Bonchev–Trinajstić information content (AvgIpc) is 1.59. The van der Waals surface area contributed by atoms with Crippen molar-refractivity contribution in [2.75, 3.05) is 0 Å². The van der Waals surface area contributed by atoms with Gasteiger partial charge in [0.05, 0.1) is 14.1 Å².